The number of primary amides is 1. The number of aliphatic carboxylic acids is 1. The highest BCUT2D eigenvalue weighted by Crippen LogP contribution is 2.29. The second kappa shape index (κ2) is 44.4. The molecule has 0 aliphatic heterocycles. The number of carboxylic acids is 1. The fourth-order valence-corrected chi connectivity index (χ4v) is 12.3. The average molecular weight is 1620 g/mol. The first kappa shape index (κ1) is 92.6. The number of rotatable bonds is 47. The summed E-state index contributed by atoms with van der Waals surface area (Å²) in [6.07, 6.45) is 1.81. The van der Waals surface area contributed by atoms with Crippen LogP contribution in [0.3, 0.4) is 0 Å². The summed E-state index contributed by atoms with van der Waals surface area (Å²) in [5, 5.41) is 81.4. The van der Waals surface area contributed by atoms with Gasteiger partial charge in [0.05, 0.1) is 44.7 Å². The van der Waals surface area contributed by atoms with Gasteiger partial charge in [0.15, 0.2) is 5.82 Å². The normalized spacial score (nSPS) is 14.3. The van der Waals surface area contributed by atoms with E-state index < -0.39 is 175 Å². The van der Waals surface area contributed by atoms with Gasteiger partial charge in [0.2, 0.25) is 65.0 Å². The Morgan fingerprint density at radius 2 is 1.31 bits per heavy atom. The molecule has 6 aromatic rings. The van der Waals surface area contributed by atoms with Crippen molar-refractivity contribution in [2.75, 3.05) is 32.8 Å². The zero-order valence-corrected chi connectivity index (χ0v) is 66.3. The van der Waals surface area contributed by atoms with E-state index in [1.54, 1.807) is 43.6 Å². The molecule has 0 aliphatic rings. The zero-order valence-electron chi connectivity index (χ0n) is 66.3. The number of hydrazine groups is 1. The Balaban J connectivity index is 1.17. The van der Waals surface area contributed by atoms with Crippen LogP contribution in [-0.2, 0) is 96.1 Å². The summed E-state index contributed by atoms with van der Waals surface area (Å²) in [4.78, 5) is 173. The summed E-state index contributed by atoms with van der Waals surface area (Å²) in [5.41, 5.74) is 14.6. The number of nitrogens with one attached hydrogen (secondary N) is 12. The molecule has 38 heteroatoms. The number of benzene rings is 4. The molecule has 0 spiro atoms. The predicted octanol–water partition coefficient (Wildman–Crippen LogP) is -1.40. The van der Waals surface area contributed by atoms with E-state index in [2.05, 4.69) is 83.8 Å². The van der Waals surface area contributed by atoms with Gasteiger partial charge in [0.1, 0.15) is 64.8 Å². The Morgan fingerprint density at radius 1 is 0.672 bits per heavy atom. The number of nitrogens with zero attached hydrogens (tertiary/aromatic N) is 5. The van der Waals surface area contributed by atoms with Gasteiger partial charge in [-0.1, -0.05) is 90.0 Å². The minimum atomic E-state index is -2.41. The van der Waals surface area contributed by atoms with Crippen LogP contribution in [0.2, 0.25) is 0 Å². The zero-order chi connectivity index (χ0) is 85.6. The molecule has 22 N–H and O–H groups in total. The number of aromatic amines is 2. The molecule has 0 unspecified atom stereocenters. The molecule has 628 valence electrons. The lowest BCUT2D eigenvalue weighted by atomic mass is 9.90. The average Bonchev–Trinajstić information content (AvgIpc) is 0.885. The minimum Gasteiger partial charge on any atom is -0.494 e. The van der Waals surface area contributed by atoms with Crippen LogP contribution in [0, 0.1) is 25.1 Å². The molecule has 10 atom stereocenters. The van der Waals surface area contributed by atoms with Gasteiger partial charge < -0.3 is 99.8 Å². The van der Waals surface area contributed by atoms with E-state index in [9.17, 15) is 78.0 Å². The molecule has 37 nitrogen and oxygen atoms in total. The maximum Gasteiger partial charge on any atom is 0.305 e. The molecule has 0 saturated heterocycles. The Labute approximate surface area is 669 Å². The number of hydrogen-bond acceptors (Lipinski definition) is 23. The number of carbonyl (C=O) groups is 12. The van der Waals surface area contributed by atoms with Crippen molar-refractivity contribution in [1.29, 1.82) is 0 Å². The smallest absolute Gasteiger partial charge is 0.305 e. The lowest BCUT2D eigenvalue weighted by Gasteiger charge is -2.34. The second-order valence-electron chi connectivity index (χ2n) is 29.1. The van der Waals surface area contributed by atoms with E-state index in [1.807, 2.05) is 57.2 Å². The maximum atomic E-state index is 15.5. The number of nitrogens with two attached hydrogens (primary N) is 3. The number of halogens is 1. The number of unbranched alkanes of at least 4 members (excludes halogenated alkanes) is 1. The van der Waals surface area contributed by atoms with Crippen molar-refractivity contribution in [2.24, 2.45) is 22.7 Å². The summed E-state index contributed by atoms with van der Waals surface area (Å²) < 4.78 is 21.6. The fourth-order valence-electron chi connectivity index (χ4n) is 12.3. The summed E-state index contributed by atoms with van der Waals surface area (Å²) in [5.74, 6) is -8.30. The SMILES string of the molecule is CCc1cc(OCCCCN(N)/C=C(/C)N)ccc1-c1ccc(C[C@H](NC(=O)[C@H](CC(=O)O)NC(=O)[C@H](CO)NC(=O)[C@@H](NC(=O)[C@](C)(Cc2ccccc2F)NC(=O)[C@@H](NC(=O)CNC(=O)[C@H](Cc2nn[nH]n2)NC(=O)C(C)(C)C(=O)NCCc2cnc[nH]2)[C@@H](C)O)[C@@H](C)O)C(=O)N[C@@H](CCCc2cc(C)cc(C)c2)C(N)=O)cc1. The molecule has 2 aromatic heterocycles. The lowest BCUT2D eigenvalue weighted by Crippen LogP contribution is -2.67. The van der Waals surface area contributed by atoms with Crippen LogP contribution < -0.4 is 75.2 Å². The van der Waals surface area contributed by atoms with Crippen LogP contribution in [0.15, 0.2) is 109 Å². The van der Waals surface area contributed by atoms with Gasteiger partial charge in [0.25, 0.3) is 0 Å². The number of imidazole rings is 1. The van der Waals surface area contributed by atoms with Crippen LogP contribution >= 0.6 is 0 Å². The number of carboxylic acid groups (broad SMARTS) is 1. The van der Waals surface area contributed by atoms with Gasteiger partial charge in [-0.05, 0) is 145 Å². The predicted molar refractivity (Wildman–Crippen MR) is 419 cm³/mol. The molecule has 0 radical (unpaired) electrons. The Kier molecular flexibility index (Phi) is 35.4. The molecule has 116 heavy (non-hydrogen) atoms. The topological polar surface area (TPSA) is 580 Å². The van der Waals surface area contributed by atoms with Gasteiger partial charge in [-0.15, -0.1) is 10.2 Å². The number of H-pyrrole nitrogens is 2. The molecule has 6 rings (SSSR count). The Hall–Kier alpha value is -12.3. The standard InChI is InChI=1S/C78H107FN20O17/c1-10-50-34-54(116-29-14-13-28-99(82)40-45(4)80)24-25-55(50)51-22-20-48(21-23-51)33-58(69(108)87-57(67(81)106)19-15-16-49-31-43(2)30-44(3)32-49)88-70(109)60(36-64(104)105)89-71(110)61(41-100)90-72(111)65(46(5)101)93-76(115)78(9,37-52-17-11-12-18-56(52)79)94-73(112)66(47(6)102)92-63(103)39-85-68(107)59(35-62-95-97-98-96-62)91-75(114)77(7,8)74(113)84-27-26-53-38-83-42-86-53/h11-12,17-18,20-25,30-32,34,38,40,42,46-47,57-61,65-66,100-102H,10,13-16,19,26-29,33,35-37,39,41,80,82H2,1-9H3,(H2,81,106)(H,83,86)(H,84,113)(H,85,107)(H,87,108)(H,88,109)(H,89,110)(H,90,111)(H,91,114)(H,92,103)(H,93,115)(H,94,112)(H,104,105)(H,95,96,97,98)/b45-40-/t46-,47-,57+,58+,59+,60+,61+,65+,66+,78+/m1/s1. The number of aliphatic hydroxyl groups excluding tert-OH is 3. The maximum absolute atomic E-state index is 15.5. The summed E-state index contributed by atoms with van der Waals surface area (Å²) >= 11 is 0. The summed E-state index contributed by atoms with van der Waals surface area (Å²) in [6, 6.07) is 11.0. The van der Waals surface area contributed by atoms with Crippen molar-refractivity contribution in [1.82, 2.24) is 88.8 Å². The van der Waals surface area contributed by atoms with E-state index in [0.717, 1.165) is 73.1 Å². The number of carbonyl (C=O) groups excluding carboxylic acids is 11. The molecule has 0 fully saturated rings. The van der Waals surface area contributed by atoms with Crippen LogP contribution in [0.4, 0.5) is 4.39 Å². The molecule has 11 amide bonds. The van der Waals surface area contributed by atoms with Gasteiger partial charge in [0, 0.05) is 62.6 Å². The molecule has 2 heterocycles. The fraction of sp³-hybridized carbons (Fsp3) is 0.462. The van der Waals surface area contributed by atoms with Gasteiger partial charge >= 0.3 is 5.97 Å². The Morgan fingerprint density at radius 3 is 1.92 bits per heavy atom. The number of amides is 11. The number of ether oxygens (including phenoxy) is 1. The van der Waals surface area contributed by atoms with Crippen LogP contribution in [-0.4, -0.2) is 220 Å². The molecule has 0 saturated carbocycles. The number of hydrogen-bond donors (Lipinski definition) is 19. The largest absolute Gasteiger partial charge is 0.494 e. The number of aliphatic hydroxyl groups is 3. The van der Waals surface area contributed by atoms with Crippen molar-refractivity contribution >= 4 is 70.9 Å². The first-order chi connectivity index (χ1) is 54.9. The highest BCUT2D eigenvalue weighted by molar-refractivity contribution is 6.06. The minimum absolute atomic E-state index is 0.0669. The van der Waals surface area contributed by atoms with Crippen molar-refractivity contribution in [3.63, 3.8) is 0 Å². The number of tetrazole rings is 1. The summed E-state index contributed by atoms with van der Waals surface area (Å²) in [6.45, 7) is 12.3. The molecule has 0 aliphatic carbocycles. The quantitative estimate of drug-likeness (QED) is 0.00904. The van der Waals surface area contributed by atoms with E-state index in [1.165, 1.54) is 43.4 Å². The van der Waals surface area contributed by atoms with Gasteiger partial charge in [-0.25, -0.2) is 15.2 Å². The number of aromatic nitrogens is 6. The van der Waals surface area contributed by atoms with E-state index in [0.29, 0.717) is 61.5 Å². The summed E-state index contributed by atoms with van der Waals surface area (Å²) in [7, 11) is 0. The van der Waals surface area contributed by atoms with Crippen molar-refractivity contribution < 1.29 is 87.1 Å². The van der Waals surface area contributed by atoms with E-state index in [-0.39, 0.29) is 30.8 Å². The third-order valence-electron chi connectivity index (χ3n) is 18.7. The first-order valence-electron chi connectivity index (χ1n) is 37.7. The third kappa shape index (κ3) is 29.0. The first-order valence-corrected chi connectivity index (χ1v) is 37.7. The van der Waals surface area contributed by atoms with E-state index >= 15 is 4.39 Å². The monoisotopic (exact) mass is 1610 g/mol. The highest BCUT2D eigenvalue weighted by atomic mass is 19.1. The number of aryl methyl sites for hydroxylation is 4. The molecule has 0 bridgehead atoms. The molecular weight excluding hydrogens is 1510 g/mol. The van der Waals surface area contributed by atoms with Crippen LogP contribution in [0.5, 0.6) is 5.75 Å². The van der Waals surface area contributed by atoms with Crippen molar-refractivity contribution in [2.45, 2.75) is 193 Å². The van der Waals surface area contributed by atoms with Crippen LogP contribution in [0.1, 0.15) is 125 Å². The van der Waals surface area contributed by atoms with Crippen molar-refractivity contribution in [3.05, 3.63) is 160 Å². The molecule has 4 aromatic carbocycles. The lowest BCUT2D eigenvalue weighted by molar-refractivity contribution is -0.143. The van der Waals surface area contributed by atoms with Gasteiger partial charge in [-0.3, -0.25) is 57.5 Å². The molecular formula is C78H107FN20O17. The Bertz CT molecular complexity index is 4370. The van der Waals surface area contributed by atoms with Crippen LogP contribution in [0.25, 0.3) is 11.1 Å². The number of allylic oxidation sites excluding steroid dienone is 1. The van der Waals surface area contributed by atoms with Crippen molar-refractivity contribution in [3.8, 4) is 16.9 Å². The van der Waals surface area contributed by atoms with Gasteiger partial charge in [-0.2, -0.15) is 5.21 Å². The van der Waals surface area contributed by atoms with E-state index in [4.69, 9.17) is 22.0 Å². The highest BCUT2D eigenvalue weighted by Gasteiger charge is 2.43. The second-order valence-corrected chi connectivity index (χ2v) is 29.1. The third-order valence-corrected chi connectivity index (χ3v) is 18.7.